The number of fused-ring (bicyclic) bond motifs is 1. The van der Waals surface area contributed by atoms with Crippen molar-refractivity contribution in [1.29, 1.82) is 5.26 Å². The molecule has 0 aromatic carbocycles. The van der Waals surface area contributed by atoms with E-state index in [4.69, 9.17) is 11.0 Å². The Morgan fingerprint density at radius 1 is 1.37 bits per heavy atom. The second-order valence-electron chi connectivity index (χ2n) is 5.98. The average molecular weight is 392 g/mol. The predicted octanol–water partition coefficient (Wildman–Crippen LogP) is 3.78. The minimum Gasteiger partial charge on any atom is -0.384 e. The van der Waals surface area contributed by atoms with Gasteiger partial charge in [-0.1, -0.05) is 11.8 Å². The van der Waals surface area contributed by atoms with E-state index in [0.29, 0.717) is 21.8 Å². The molecule has 3 rings (SSSR count). The Morgan fingerprint density at radius 3 is 2.78 bits per heavy atom. The summed E-state index contributed by atoms with van der Waals surface area (Å²) in [7, 11) is 1.69. The number of aryl methyl sites for hydroxylation is 1. The third-order valence-electron chi connectivity index (χ3n) is 3.90. The van der Waals surface area contributed by atoms with Gasteiger partial charge in [0.15, 0.2) is 5.16 Å². The Hall–Kier alpha value is -2.80. The van der Waals surface area contributed by atoms with Gasteiger partial charge >= 0.3 is 6.18 Å². The van der Waals surface area contributed by atoms with Gasteiger partial charge in [-0.2, -0.15) is 18.4 Å². The molecular formula is C17H15F3N6S. The van der Waals surface area contributed by atoms with Crippen LogP contribution in [0.2, 0.25) is 0 Å². The van der Waals surface area contributed by atoms with E-state index in [2.05, 4.69) is 15.0 Å². The van der Waals surface area contributed by atoms with Gasteiger partial charge in [0.1, 0.15) is 17.6 Å². The summed E-state index contributed by atoms with van der Waals surface area (Å²) in [5.41, 5.74) is 7.27. The van der Waals surface area contributed by atoms with Crippen LogP contribution in [0.1, 0.15) is 29.1 Å². The summed E-state index contributed by atoms with van der Waals surface area (Å²) in [5.74, 6) is 0.175. The molecule has 1 unspecified atom stereocenters. The van der Waals surface area contributed by atoms with E-state index >= 15 is 0 Å². The minimum atomic E-state index is -4.29. The molecule has 3 aromatic rings. The van der Waals surface area contributed by atoms with Gasteiger partial charge in [-0.05, 0) is 18.6 Å². The van der Waals surface area contributed by atoms with Gasteiger partial charge in [0.2, 0.25) is 0 Å². The number of nitrogen functional groups attached to an aromatic ring is 1. The van der Waals surface area contributed by atoms with Gasteiger partial charge in [-0.15, -0.1) is 0 Å². The maximum Gasteiger partial charge on any atom is 0.393 e. The van der Waals surface area contributed by atoms with Crippen LogP contribution in [-0.2, 0) is 13.5 Å². The molecule has 0 fully saturated rings. The highest BCUT2D eigenvalue weighted by molar-refractivity contribution is 7.99. The number of hydrogen-bond acceptors (Lipinski definition) is 6. The second-order valence-corrected chi connectivity index (χ2v) is 7.29. The molecule has 27 heavy (non-hydrogen) atoms. The number of nitrogens with zero attached hydrogens (tertiary/aromatic N) is 5. The molecule has 140 valence electrons. The van der Waals surface area contributed by atoms with Crippen LogP contribution in [0.4, 0.5) is 19.0 Å². The number of rotatable bonds is 4. The van der Waals surface area contributed by atoms with Crippen molar-refractivity contribution in [2.24, 2.45) is 7.05 Å². The highest BCUT2D eigenvalue weighted by Gasteiger charge is 2.30. The molecule has 2 N–H and O–H groups in total. The van der Waals surface area contributed by atoms with E-state index in [-0.39, 0.29) is 22.3 Å². The summed E-state index contributed by atoms with van der Waals surface area (Å²) in [5, 5.41) is 9.55. The van der Waals surface area contributed by atoms with Crippen molar-refractivity contribution < 1.29 is 13.2 Å². The minimum absolute atomic E-state index is 0.148. The van der Waals surface area contributed by atoms with Crippen LogP contribution in [-0.4, -0.2) is 25.7 Å². The second kappa shape index (κ2) is 7.08. The summed E-state index contributed by atoms with van der Waals surface area (Å²) in [6.45, 7) is 1.85. The number of thioether (sulfide) groups is 1. The first-order chi connectivity index (χ1) is 12.7. The van der Waals surface area contributed by atoms with E-state index in [1.165, 1.54) is 30.2 Å². The SMILES string of the molecule is CC(Sc1nc(N)cc(C#N)n1)c1nccc2c(CC(F)(F)F)cn(C)c12. The number of hydrogen-bond donors (Lipinski definition) is 1. The molecule has 0 radical (unpaired) electrons. The number of halogens is 3. The van der Waals surface area contributed by atoms with Crippen molar-refractivity contribution in [2.75, 3.05) is 5.73 Å². The lowest BCUT2D eigenvalue weighted by molar-refractivity contribution is -0.127. The first kappa shape index (κ1) is 19.0. The lowest BCUT2D eigenvalue weighted by Gasteiger charge is -2.12. The molecular weight excluding hydrogens is 377 g/mol. The Kier molecular flexibility index (Phi) is 4.97. The van der Waals surface area contributed by atoms with E-state index < -0.39 is 12.6 Å². The lowest BCUT2D eigenvalue weighted by Crippen LogP contribution is -2.11. The molecule has 0 amide bonds. The molecule has 6 nitrogen and oxygen atoms in total. The van der Waals surface area contributed by atoms with E-state index in [0.717, 1.165) is 0 Å². The number of aromatic nitrogens is 4. The van der Waals surface area contributed by atoms with Crippen LogP contribution >= 0.6 is 11.8 Å². The van der Waals surface area contributed by atoms with Crippen molar-refractivity contribution in [3.05, 3.63) is 41.5 Å². The number of alkyl halides is 3. The van der Waals surface area contributed by atoms with Crippen molar-refractivity contribution in [2.45, 2.75) is 29.9 Å². The monoisotopic (exact) mass is 392 g/mol. The van der Waals surface area contributed by atoms with Crippen LogP contribution in [0.5, 0.6) is 0 Å². The Balaban J connectivity index is 1.99. The summed E-state index contributed by atoms with van der Waals surface area (Å²) < 4.78 is 40.2. The molecule has 10 heteroatoms. The Bertz CT molecular complexity index is 1040. The maximum atomic E-state index is 12.9. The van der Waals surface area contributed by atoms with E-state index in [1.54, 1.807) is 17.7 Å². The van der Waals surface area contributed by atoms with Crippen molar-refractivity contribution in [1.82, 2.24) is 19.5 Å². The van der Waals surface area contributed by atoms with Crippen LogP contribution in [0.15, 0.2) is 29.7 Å². The maximum absolute atomic E-state index is 12.9. The zero-order chi connectivity index (χ0) is 19.8. The molecule has 0 aliphatic rings. The molecule has 3 heterocycles. The van der Waals surface area contributed by atoms with E-state index in [9.17, 15) is 13.2 Å². The molecule has 1 atom stereocenters. The molecule has 0 spiro atoms. The topological polar surface area (TPSA) is 93.4 Å². The van der Waals surface area contributed by atoms with Crippen molar-refractivity contribution >= 4 is 28.5 Å². The van der Waals surface area contributed by atoms with Gasteiger partial charge in [0.25, 0.3) is 0 Å². The zero-order valence-corrected chi connectivity index (χ0v) is 15.3. The Morgan fingerprint density at radius 2 is 2.11 bits per heavy atom. The molecule has 0 saturated carbocycles. The molecule has 0 bridgehead atoms. The van der Waals surface area contributed by atoms with Crippen molar-refractivity contribution in [3.63, 3.8) is 0 Å². The fourth-order valence-electron chi connectivity index (χ4n) is 2.89. The zero-order valence-electron chi connectivity index (χ0n) is 14.4. The van der Waals surface area contributed by atoms with Crippen LogP contribution < -0.4 is 5.73 Å². The Labute approximate surface area is 157 Å². The fourth-order valence-corrected chi connectivity index (χ4v) is 3.80. The quantitative estimate of drug-likeness (QED) is 0.537. The van der Waals surface area contributed by atoms with E-state index in [1.807, 2.05) is 13.0 Å². The van der Waals surface area contributed by atoms with Crippen molar-refractivity contribution in [3.8, 4) is 6.07 Å². The van der Waals surface area contributed by atoms with Gasteiger partial charge in [-0.3, -0.25) is 4.98 Å². The number of anilines is 1. The molecule has 0 aliphatic heterocycles. The fraction of sp³-hybridized carbons (Fsp3) is 0.294. The molecule has 3 aromatic heterocycles. The van der Waals surface area contributed by atoms with Gasteiger partial charge in [0.05, 0.1) is 22.9 Å². The summed E-state index contributed by atoms with van der Waals surface area (Å²) in [6, 6.07) is 4.87. The average Bonchev–Trinajstić information content (AvgIpc) is 2.88. The molecule has 0 aliphatic carbocycles. The summed E-state index contributed by atoms with van der Waals surface area (Å²) >= 11 is 1.23. The summed E-state index contributed by atoms with van der Waals surface area (Å²) in [6.07, 6.45) is -2.32. The lowest BCUT2D eigenvalue weighted by atomic mass is 10.1. The van der Waals surface area contributed by atoms with Gasteiger partial charge in [0, 0.05) is 30.9 Å². The highest BCUT2D eigenvalue weighted by atomic mass is 32.2. The van der Waals surface area contributed by atoms with Gasteiger partial charge < -0.3 is 10.3 Å². The number of nitrogens with two attached hydrogens (primary N) is 1. The molecule has 0 saturated heterocycles. The van der Waals surface area contributed by atoms with Crippen LogP contribution in [0.25, 0.3) is 10.9 Å². The number of nitriles is 1. The van der Waals surface area contributed by atoms with Crippen LogP contribution in [0.3, 0.4) is 0 Å². The van der Waals surface area contributed by atoms with Gasteiger partial charge in [-0.25, -0.2) is 9.97 Å². The highest BCUT2D eigenvalue weighted by Crippen LogP contribution is 2.37. The first-order valence-corrected chi connectivity index (χ1v) is 8.77. The third kappa shape index (κ3) is 4.14. The predicted molar refractivity (Wildman–Crippen MR) is 95.9 cm³/mol. The first-order valence-electron chi connectivity index (χ1n) is 7.89. The summed E-state index contributed by atoms with van der Waals surface area (Å²) in [4.78, 5) is 12.6. The largest absolute Gasteiger partial charge is 0.393 e. The third-order valence-corrected chi connectivity index (χ3v) is 4.87. The smallest absolute Gasteiger partial charge is 0.384 e. The van der Waals surface area contributed by atoms with Crippen LogP contribution in [0, 0.1) is 11.3 Å². The number of pyridine rings is 1. The standard InChI is InChI=1S/C17H15F3N6S/c1-9(27-16-24-11(7-21)5-13(22)25-16)14-15-12(3-4-23-14)10(8-26(15)2)6-17(18,19)20/h3-5,8-9H,6H2,1-2H3,(H2,22,24,25). The normalized spacial score (nSPS) is 12.9.